The Morgan fingerprint density at radius 1 is 0.568 bits per heavy atom. The molecule has 0 aromatic heterocycles. The molecule has 252 valence electrons. The molecule has 44 heavy (non-hydrogen) atoms. The van der Waals surface area contributed by atoms with Crippen molar-refractivity contribution < 1.29 is 15.0 Å². The van der Waals surface area contributed by atoms with Gasteiger partial charge in [-0.05, 0) is 64.2 Å². The molecular formula is C40H69NO3. The topological polar surface area (TPSA) is 69.6 Å². The molecule has 0 aliphatic rings. The van der Waals surface area contributed by atoms with Crippen molar-refractivity contribution in [1.29, 1.82) is 0 Å². The molecule has 2 atom stereocenters. The molecule has 0 aromatic carbocycles. The summed E-state index contributed by atoms with van der Waals surface area (Å²) < 4.78 is 0. The lowest BCUT2D eigenvalue weighted by Crippen LogP contribution is -2.45. The molecule has 3 N–H and O–H groups in total. The van der Waals surface area contributed by atoms with Crippen molar-refractivity contribution in [3.8, 4) is 0 Å². The Kier molecular flexibility index (Phi) is 33.6. The van der Waals surface area contributed by atoms with Crippen LogP contribution in [0.4, 0.5) is 0 Å². The molecule has 0 radical (unpaired) electrons. The summed E-state index contributed by atoms with van der Waals surface area (Å²) in [5.41, 5.74) is 0. The SMILES string of the molecule is CC/C=C\C/C=C\C/C=C\C/C=C\C/C=C\C/C=C\CCCCCCCCC(=O)NC(CO)C(O)CCCCCCCCC. The number of hydrogen-bond acceptors (Lipinski definition) is 3. The number of unbranched alkanes of at least 4 members (excludes halogenated alkanes) is 12. The van der Waals surface area contributed by atoms with E-state index in [0.29, 0.717) is 12.8 Å². The number of rotatable bonds is 31. The molecule has 0 saturated heterocycles. The highest BCUT2D eigenvalue weighted by Gasteiger charge is 2.19. The average Bonchev–Trinajstić information content (AvgIpc) is 3.03. The maximum atomic E-state index is 12.3. The van der Waals surface area contributed by atoms with E-state index in [4.69, 9.17) is 0 Å². The molecule has 0 aliphatic heterocycles. The molecule has 0 aromatic rings. The normalized spacial score (nSPS) is 14.0. The Balaban J connectivity index is 3.63. The van der Waals surface area contributed by atoms with Gasteiger partial charge in [-0.3, -0.25) is 4.79 Å². The zero-order valence-electron chi connectivity index (χ0n) is 28.6. The van der Waals surface area contributed by atoms with Gasteiger partial charge in [0.05, 0.1) is 18.8 Å². The Bertz CT molecular complexity index is 792. The maximum absolute atomic E-state index is 12.3. The van der Waals surface area contributed by atoms with Gasteiger partial charge in [0.15, 0.2) is 0 Å². The number of carbonyl (C=O) groups is 1. The smallest absolute Gasteiger partial charge is 0.220 e. The number of amides is 1. The molecule has 0 bridgehead atoms. The molecule has 0 saturated carbocycles. The molecule has 4 nitrogen and oxygen atoms in total. The fourth-order valence-electron chi connectivity index (χ4n) is 4.95. The largest absolute Gasteiger partial charge is 0.394 e. The van der Waals surface area contributed by atoms with Gasteiger partial charge in [0.2, 0.25) is 5.91 Å². The summed E-state index contributed by atoms with van der Waals surface area (Å²) in [7, 11) is 0. The van der Waals surface area contributed by atoms with E-state index < -0.39 is 12.1 Å². The molecule has 0 aliphatic carbocycles. The van der Waals surface area contributed by atoms with E-state index in [1.54, 1.807) is 0 Å². The van der Waals surface area contributed by atoms with Crippen LogP contribution in [0.25, 0.3) is 0 Å². The summed E-state index contributed by atoms with van der Waals surface area (Å²) in [6, 6.07) is -0.545. The highest BCUT2D eigenvalue weighted by atomic mass is 16.3. The number of hydrogen-bond donors (Lipinski definition) is 3. The van der Waals surface area contributed by atoms with Crippen molar-refractivity contribution in [2.75, 3.05) is 6.61 Å². The Labute approximate surface area is 272 Å². The summed E-state index contributed by atoms with van der Waals surface area (Å²) >= 11 is 0. The Morgan fingerprint density at radius 2 is 1.00 bits per heavy atom. The van der Waals surface area contributed by atoms with Crippen molar-refractivity contribution >= 4 is 5.91 Å². The van der Waals surface area contributed by atoms with Crippen LogP contribution < -0.4 is 5.32 Å². The first-order valence-corrected chi connectivity index (χ1v) is 18.1. The van der Waals surface area contributed by atoms with E-state index >= 15 is 0 Å². The minimum absolute atomic E-state index is 0.0553. The Hall–Kier alpha value is -2.17. The highest BCUT2D eigenvalue weighted by Crippen LogP contribution is 2.12. The summed E-state index contributed by atoms with van der Waals surface area (Å²) in [5, 5.41) is 22.8. The summed E-state index contributed by atoms with van der Waals surface area (Å²) in [5.74, 6) is -0.0553. The van der Waals surface area contributed by atoms with Gasteiger partial charge in [0.25, 0.3) is 0 Å². The van der Waals surface area contributed by atoms with Gasteiger partial charge >= 0.3 is 0 Å². The second-order valence-electron chi connectivity index (χ2n) is 11.9. The molecule has 1 amide bonds. The minimum atomic E-state index is -0.666. The lowest BCUT2D eigenvalue weighted by atomic mass is 10.0. The van der Waals surface area contributed by atoms with Crippen LogP contribution in [0.15, 0.2) is 72.9 Å². The first kappa shape index (κ1) is 41.8. The fourth-order valence-corrected chi connectivity index (χ4v) is 4.95. The average molecular weight is 612 g/mol. The summed E-state index contributed by atoms with van der Waals surface area (Å²) in [6.45, 7) is 4.17. The molecule has 0 heterocycles. The summed E-state index contributed by atoms with van der Waals surface area (Å²) in [6.07, 6.45) is 49.7. The third kappa shape index (κ3) is 31.3. The van der Waals surface area contributed by atoms with Gasteiger partial charge in [-0.1, -0.05) is 157 Å². The lowest BCUT2D eigenvalue weighted by Gasteiger charge is -2.22. The van der Waals surface area contributed by atoms with Crippen LogP contribution in [0, 0.1) is 0 Å². The van der Waals surface area contributed by atoms with Crippen molar-refractivity contribution in [1.82, 2.24) is 5.32 Å². The lowest BCUT2D eigenvalue weighted by molar-refractivity contribution is -0.123. The van der Waals surface area contributed by atoms with Crippen molar-refractivity contribution in [3.05, 3.63) is 72.9 Å². The molecule has 0 spiro atoms. The number of aliphatic hydroxyl groups is 2. The van der Waals surface area contributed by atoms with Gasteiger partial charge in [-0.2, -0.15) is 0 Å². The second kappa shape index (κ2) is 35.3. The first-order valence-electron chi connectivity index (χ1n) is 18.1. The molecule has 0 fully saturated rings. The summed E-state index contributed by atoms with van der Waals surface area (Å²) in [4.78, 5) is 12.3. The second-order valence-corrected chi connectivity index (χ2v) is 11.9. The quantitative estimate of drug-likeness (QED) is 0.0539. The third-order valence-corrected chi connectivity index (χ3v) is 7.73. The predicted molar refractivity (Wildman–Crippen MR) is 193 cm³/mol. The van der Waals surface area contributed by atoms with Crippen LogP contribution >= 0.6 is 0 Å². The van der Waals surface area contributed by atoms with Crippen molar-refractivity contribution in [2.45, 2.75) is 167 Å². The first-order chi connectivity index (χ1) is 21.7. The van der Waals surface area contributed by atoms with E-state index in [0.717, 1.165) is 77.0 Å². The van der Waals surface area contributed by atoms with Crippen LogP contribution in [-0.4, -0.2) is 34.9 Å². The third-order valence-electron chi connectivity index (χ3n) is 7.73. The van der Waals surface area contributed by atoms with Gasteiger partial charge in [-0.25, -0.2) is 0 Å². The van der Waals surface area contributed by atoms with Gasteiger partial charge in [-0.15, -0.1) is 0 Å². The molecule has 0 rings (SSSR count). The van der Waals surface area contributed by atoms with E-state index in [1.807, 2.05) is 0 Å². The van der Waals surface area contributed by atoms with Crippen LogP contribution in [0.2, 0.25) is 0 Å². The van der Waals surface area contributed by atoms with Crippen LogP contribution in [0.5, 0.6) is 0 Å². The standard InChI is InChI=1S/C40H69NO3/c1-3-5-7-9-11-12-13-14-15-16-17-18-19-20-21-22-23-24-25-26-27-28-30-32-34-36-40(44)41-38(37-42)39(43)35-33-31-29-10-8-6-4-2/h5,7,11-12,14-15,17-18,20-21,23-24,38-39,42-43H,3-4,6,8-10,13,16,19,22,25-37H2,1-2H3,(H,41,44)/b7-5-,12-11-,15-14-,18-17-,21-20-,24-23-. The zero-order valence-corrected chi connectivity index (χ0v) is 28.6. The number of nitrogens with one attached hydrogen (secondary N) is 1. The highest BCUT2D eigenvalue weighted by molar-refractivity contribution is 5.76. The minimum Gasteiger partial charge on any atom is -0.394 e. The van der Waals surface area contributed by atoms with E-state index in [-0.39, 0.29) is 12.5 Å². The molecule has 4 heteroatoms. The molecule has 2 unspecified atom stereocenters. The fraction of sp³-hybridized carbons (Fsp3) is 0.675. The molecular weight excluding hydrogens is 542 g/mol. The van der Waals surface area contributed by atoms with Gasteiger partial charge < -0.3 is 15.5 Å². The van der Waals surface area contributed by atoms with Crippen LogP contribution in [-0.2, 0) is 4.79 Å². The van der Waals surface area contributed by atoms with Crippen LogP contribution in [0.3, 0.4) is 0 Å². The number of allylic oxidation sites excluding steroid dienone is 12. The van der Waals surface area contributed by atoms with Crippen molar-refractivity contribution in [3.63, 3.8) is 0 Å². The Morgan fingerprint density at radius 3 is 1.50 bits per heavy atom. The monoisotopic (exact) mass is 612 g/mol. The number of carbonyl (C=O) groups excluding carboxylic acids is 1. The number of aliphatic hydroxyl groups excluding tert-OH is 2. The predicted octanol–water partition coefficient (Wildman–Crippen LogP) is 10.8. The van der Waals surface area contributed by atoms with Gasteiger partial charge in [0.1, 0.15) is 0 Å². The van der Waals surface area contributed by atoms with Crippen molar-refractivity contribution in [2.24, 2.45) is 0 Å². The van der Waals surface area contributed by atoms with Crippen LogP contribution in [0.1, 0.15) is 155 Å². The van der Waals surface area contributed by atoms with E-state index in [9.17, 15) is 15.0 Å². The van der Waals surface area contributed by atoms with Gasteiger partial charge in [0, 0.05) is 6.42 Å². The van der Waals surface area contributed by atoms with E-state index in [1.165, 1.54) is 51.4 Å². The maximum Gasteiger partial charge on any atom is 0.220 e. The van der Waals surface area contributed by atoms with E-state index in [2.05, 4.69) is 92.1 Å². The zero-order chi connectivity index (χ0) is 32.2.